The monoisotopic (exact) mass is 415 g/mol. The van der Waals surface area contributed by atoms with Crippen LogP contribution in [0, 0.1) is 6.92 Å². The molecule has 0 radical (unpaired) electrons. The van der Waals surface area contributed by atoms with Crippen LogP contribution in [0.15, 0.2) is 40.4 Å². The zero-order chi connectivity index (χ0) is 20.6. The van der Waals surface area contributed by atoms with Crippen molar-refractivity contribution in [2.24, 2.45) is 5.73 Å². The van der Waals surface area contributed by atoms with E-state index in [1.54, 1.807) is 6.08 Å². The van der Waals surface area contributed by atoms with Gasteiger partial charge in [-0.05, 0) is 25.5 Å². The normalized spacial score (nSPS) is 17.6. The van der Waals surface area contributed by atoms with Crippen LogP contribution in [0.2, 0.25) is 0 Å². The molecule has 1 aliphatic heterocycles. The number of hydrogen-bond acceptors (Lipinski definition) is 6. The second kappa shape index (κ2) is 7.72. The average molecular weight is 416 g/mol. The van der Waals surface area contributed by atoms with Gasteiger partial charge in [0.15, 0.2) is 10.1 Å². The van der Waals surface area contributed by atoms with E-state index in [-0.39, 0.29) is 28.8 Å². The molecular formula is C21H25N3O2S2. The van der Waals surface area contributed by atoms with Crippen LogP contribution in [0.3, 0.4) is 0 Å². The van der Waals surface area contributed by atoms with E-state index in [1.165, 1.54) is 28.7 Å². The average Bonchev–Trinajstić information content (AvgIpc) is 3.04. The number of amides is 1. The van der Waals surface area contributed by atoms with Crippen molar-refractivity contribution < 1.29 is 9.59 Å². The lowest BCUT2D eigenvalue weighted by molar-refractivity contribution is -0.117. The molecule has 2 aromatic rings. The highest BCUT2D eigenvalue weighted by Gasteiger charge is 2.38. The van der Waals surface area contributed by atoms with Crippen molar-refractivity contribution in [2.75, 3.05) is 11.9 Å². The summed E-state index contributed by atoms with van der Waals surface area (Å²) in [5.41, 5.74) is 9.22. The number of carbonyl (C=O) groups excluding carboxylic acids is 2. The van der Waals surface area contributed by atoms with Gasteiger partial charge >= 0.3 is 0 Å². The number of thioether (sulfide) groups is 1. The van der Waals surface area contributed by atoms with Gasteiger partial charge in [-0.2, -0.15) is 0 Å². The van der Waals surface area contributed by atoms with Gasteiger partial charge in [0.25, 0.3) is 0 Å². The lowest BCUT2D eigenvalue weighted by Crippen LogP contribution is -2.25. The van der Waals surface area contributed by atoms with Crippen molar-refractivity contribution in [1.82, 2.24) is 4.98 Å². The van der Waals surface area contributed by atoms with E-state index in [0.29, 0.717) is 0 Å². The van der Waals surface area contributed by atoms with Crippen molar-refractivity contribution in [3.63, 3.8) is 0 Å². The Labute approximate surface area is 174 Å². The second-order valence-electron chi connectivity index (χ2n) is 7.52. The molecule has 1 amide bonds. The summed E-state index contributed by atoms with van der Waals surface area (Å²) in [7, 11) is 2.00. The van der Waals surface area contributed by atoms with Crippen LogP contribution in [0.5, 0.6) is 0 Å². The molecule has 2 N–H and O–H groups in total. The summed E-state index contributed by atoms with van der Waals surface area (Å²) in [4.78, 5) is 31.5. The quantitative estimate of drug-likeness (QED) is 0.573. The molecule has 148 valence electrons. The number of ketones is 1. The third-order valence-electron chi connectivity index (χ3n) is 5.11. The first-order valence-corrected chi connectivity index (χ1v) is 10.8. The maximum absolute atomic E-state index is 12.9. The zero-order valence-corrected chi connectivity index (χ0v) is 18.4. The minimum absolute atomic E-state index is 0.0528. The van der Waals surface area contributed by atoms with E-state index in [2.05, 4.69) is 35.9 Å². The minimum Gasteiger partial charge on any atom is -0.369 e. The minimum atomic E-state index is -0.372. The second-order valence-corrected chi connectivity index (χ2v) is 10.2. The predicted molar refractivity (Wildman–Crippen MR) is 116 cm³/mol. The molecule has 7 heteroatoms. The Balaban J connectivity index is 1.78. The smallest absolute Gasteiger partial charge is 0.222 e. The van der Waals surface area contributed by atoms with E-state index in [4.69, 9.17) is 5.73 Å². The number of aromatic nitrogens is 1. The van der Waals surface area contributed by atoms with Crippen molar-refractivity contribution in [1.29, 1.82) is 0 Å². The van der Waals surface area contributed by atoms with Crippen LogP contribution in [0.1, 0.15) is 36.9 Å². The van der Waals surface area contributed by atoms with Gasteiger partial charge in [-0.15, -0.1) is 11.3 Å². The molecule has 2 heterocycles. The third-order valence-corrected chi connectivity index (χ3v) is 7.48. The molecule has 1 aliphatic rings. The number of anilines is 1. The first kappa shape index (κ1) is 20.6. The van der Waals surface area contributed by atoms with Crippen LogP contribution in [0.25, 0.3) is 0 Å². The number of aryl methyl sites for hydroxylation is 1. The fraction of sp³-hybridized carbons (Fsp3) is 0.381. The number of benzene rings is 1. The zero-order valence-electron chi connectivity index (χ0n) is 16.8. The first-order valence-electron chi connectivity index (χ1n) is 9.11. The number of nitrogens with two attached hydrogens (primary N) is 1. The van der Waals surface area contributed by atoms with Gasteiger partial charge in [-0.1, -0.05) is 43.8 Å². The van der Waals surface area contributed by atoms with Gasteiger partial charge in [-0.25, -0.2) is 4.98 Å². The van der Waals surface area contributed by atoms with Crippen LogP contribution < -0.4 is 10.6 Å². The Morgan fingerprint density at radius 2 is 2.04 bits per heavy atom. The molecule has 1 atom stereocenters. The molecule has 3 rings (SSSR count). The standard InChI is InChI=1S/C21H25N3O2S2/c1-12-17(11-19(22)26)28-20(23-12)27-13(2)16(25)10-18-21(3,4)14-8-6-7-9-15(14)24(18)5/h6-10,13H,11H2,1-5H3,(H2,22,26)/b18-10-. The molecule has 1 aromatic heterocycles. The van der Waals surface area contributed by atoms with Crippen molar-refractivity contribution in [3.05, 3.63) is 52.2 Å². The number of nitrogens with zero attached hydrogens (tertiary/aromatic N) is 2. The summed E-state index contributed by atoms with van der Waals surface area (Å²) in [6.45, 7) is 8.04. The lowest BCUT2D eigenvalue weighted by atomic mass is 9.83. The van der Waals surface area contributed by atoms with E-state index >= 15 is 0 Å². The van der Waals surface area contributed by atoms with Crippen molar-refractivity contribution in [2.45, 2.75) is 49.1 Å². The van der Waals surface area contributed by atoms with Gasteiger partial charge in [0.2, 0.25) is 5.91 Å². The fourth-order valence-corrected chi connectivity index (χ4v) is 5.90. The van der Waals surface area contributed by atoms with Crippen LogP contribution >= 0.6 is 23.1 Å². The van der Waals surface area contributed by atoms with E-state index in [0.717, 1.165) is 26.3 Å². The summed E-state index contributed by atoms with van der Waals surface area (Å²) in [6.07, 6.45) is 1.95. The van der Waals surface area contributed by atoms with Gasteiger partial charge in [0.1, 0.15) is 0 Å². The predicted octanol–water partition coefficient (Wildman–Crippen LogP) is 3.84. The Bertz CT molecular complexity index is 962. The van der Waals surface area contributed by atoms with Gasteiger partial charge < -0.3 is 10.6 Å². The van der Waals surface area contributed by atoms with Gasteiger partial charge in [0.05, 0.1) is 17.4 Å². The Kier molecular flexibility index (Phi) is 5.68. The molecule has 0 saturated heterocycles. The van der Waals surface area contributed by atoms with E-state index in [1.807, 2.05) is 33.0 Å². The number of allylic oxidation sites excluding steroid dienone is 2. The van der Waals surface area contributed by atoms with Crippen molar-refractivity contribution >= 4 is 40.5 Å². The first-order chi connectivity index (χ1) is 13.1. The summed E-state index contributed by atoms with van der Waals surface area (Å²) >= 11 is 2.86. The van der Waals surface area contributed by atoms with Crippen LogP contribution in [-0.4, -0.2) is 29.0 Å². The molecule has 28 heavy (non-hydrogen) atoms. The SMILES string of the molecule is Cc1nc(SC(C)C(=O)/C=C2\N(C)c3ccccc3C2(C)C)sc1CC(N)=O. The lowest BCUT2D eigenvalue weighted by Gasteiger charge is -2.24. The fourth-order valence-electron chi connectivity index (χ4n) is 3.49. The number of fused-ring (bicyclic) bond motifs is 1. The summed E-state index contributed by atoms with van der Waals surface area (Å²) in [5.74, 6) is -0.319. The number of para-hydroxylation sites is 1. The number of hydrogen-bond donors (Lipinski definition) is 1. The number of thiazole rings is 1. The maximum atomic E-state index is 12.9. The molecule has 5 nitrogen and oxygen atoms in total. The van der Waals surface area contributed by atoms with Crippen molar-refractivity contribution in [3.8, 4) is 0 Å². The maximum Gasteiger partial charge on any atom is 0.222 e. The molecular weight excluding hydrogens is 390 g/mol. The van der Waals surface area contributed by atoms with E-state index in [9.17, 15) is 9.59 Å². The highest BCUT2D eigenvalue weighted by molar-refractivity contribution is 8.02. The van der Waals surface area contributed by atoms with Crippen LogP contribution in [-0.2, 0) is 21.4 Å². The molecule has 0 fully saturated rings. The van der Waals surface area contributed by atoms with Gasteiger partial charge in [0, 0.05) is 34.8 Å². The summed E-state index contributed by atoms with van der Waals surface area (Å²) < 4.78 is 0.787. The number of primary amides is 1. The Hall–Kier alpha value is -2.12. The summed E-state index contributed by atoms with van der Waals surface area (Å²) in [6, 6.07) is 8.25. The molecule has 1 unspecified atom stereocenters. The molecule has 0 aliphatic carbocycles. The number of rotatable bonds is 6. The molecule has 0 saturated carbocycles. The summed E-state index contributed by atoms with van der Waals surface area (Å²) in [5, 5.41) is -0.271. The third kappa shape index (κ3) is 3.86. The van der Waals surface area contributed by atoms with Gasteiger partial charge in [-0.3, -0.25) is 9.59 Å². The van der Waals surface area contributed by atoms with E-state index < -0.39 is 0 Å². The molecule has 1 aromatic carbocycles. The van der Waals surface area contributed by atoms with Crippen LogP contribution in [0.4, 0.5) is 5.69 Å². The molecule has 0 bridgehead atoms. The highest BCUT2D eigenvalue weighted by atomic mass is 32.2. The topological polar surface area (TPSA) is 76.3 Å². The number of carbonyl (C=O) groups is 2. The number of likely N-dealkylation sites (N-methyl/N-ethyl adjacent to an activating group) is 1. The highest BCUT2D eigenvalue weighted by Crippen LogP contribution is 2.46. The largest absolute Gasteiger partial charge is 0.369 e. The Morgan fingerprint density at radius 3 is 2.68 bits per heavy atom. The Morgan fingerprint density at radius 1 is 1.36 bits per heavy atom. The molecule has 0 spiro atoms.